The normalized spacial score (nSPS) is 20.7. The van der Waals surface area contributed by atoms with Crippen LogP contribution in [0.25, 0.3) is 0 Å². The van der Waals surface area contributed by atoms with E-state index < -0.39 is 9.71 Å². The maximum Gasteiger partial charge on any atom is 0.255 e. The Balaban J connectivity index is 1.75. The van der Waals surface area contributed by atoms with Gasteiger partial charge in [0.25, 0.3) is 5.91 Å². The molecule has 1 fully saturated rings. The highest BCUT2D eigenvalue weighted by Crippen LogP contribution is 2.28. The van der Waals surface area contributed by atoms with Crippen molar-refractivity contribution in [2.24, 2.45) is 0 Å². The van der Waals surface area contributed by atoms with Gasteiger partial charge in [0.05, 0.1) is 28.5 Å². The summed E-state index contributed by atoms with van der Waals surface area (Å²) >= 11 is 0. The van der Waals surface area contributed by atoms with E-state index in [1.165, 1.54) is 12.1 Å². The smallest absolute Gasteiger partial charge is 0.255 e. The molecule has 0 saturated carbocycles. The number of hydrogen-bond acceptors (Lipinski definition) is 3. The lowest BCUT2D eigenvalue weighted by molar-refractivity contribution is -0.112. The Morgan fingerprint density at radius 2 is 2.15 bits per heavy atom. The molecular formula is C20H25FN2O3S. The van der Waals surface area contributed by atoms with Crippen molar-refractivity contribution < 1.29 is 18.1 Å². The molecule has 1 heterocycles. The van der Waals surface area contributed by atoms with Gasteiger partial charge in [0.15, 0.2) is 0 Å². The monoisotopic (exact) mass is 392 g/mol. The Labute approximate surface area is 159 Å². The van der Waals surface area contributed by atoms with Gasteiger partial charge in [-0.2, -0.15) is 0 Å². The third kappa shape index (κ3) is 4.31. The summed E-state index contributed by atoms with van der Waals surface area (Å²) in [6.07, 6.45) is 5.45. The molecule has 1 amide bonds. The van der Waals surface area contributed by atoms with E-state index >= 15 is 0 Å². The lowest BCUT2D eigenvalue weighted by Crippen LogP contribution is -2.61. The van der Waals surface area contributed by atoms with Gasteiger partial charge in [-0.1, -0.05) is 13.0 Å². The highest BCUT2D eigenvalue weighted by atomic mass is 32.2. The summed E-state index contributed by atoms with van der Waals surface area (Å²) in [6.45, 7) is 4.68. The van der Waals surface area contributed by atoms with Gasteiger partial charge in [-0.25, -0.2) is 13.3 Å². The Kier molecular flexibility index (Phi) is 5.55. The summed E-state index contributed by atoms with van der Waals surface area (Å²) in [4.78, 5) is 13.2. The largest absolute Gasteiger partial charge is 0.377 e. The number of hydrogen-bond donors (Lipinski definition) is 2. The zero-order valence-corrected chi connectivity index (χ0v) is 16.5. The molecular weight excluding hydrogens is 367 g/mol. The number of benzene rings is 1. The van der Waals surface area contributed by atoms with E-state index in [4.69, 9.17) is 4.74 Å². The van der Waals surface area contributed by atoms with Gasteiger partial charge in [-0.3, -0.25) is 4.79 Å². The van der Waals surface area contributed by atoms with E-state index in [1.54, 1.807) is 19.1 Å². The SMILES string of the molecule is C=S(=O)(NC1(CC)COC1)C1=CC(C(=O)Nc2ccc(F)c(C)c2)=CCC1. The minimum Gasteiger partial charge on any atom is -0.377 e. The van der Waals surface area contributed by atoms with E-state index in [2.05, 4.69) is 15.9 Å². The van der Waals surface area contributed by atoms with Gasteiger partial charge in [-0.05, 0) is 61.9 Å². The first kappa shape index (κ1) is 19.8. The van der Waals surface area contributed by atoms with Crippen molar-refractivity contribution >= 4 is 27.2 Å². The predicted molar refractivity (Wildman–Crippen MR) is 107 cm³/mol. The summed E-state index contributed by atoms with van der Waals surface area (Å²) in [5, 5.41) is 2.76. The molecule has 1 unspecified atom stereocenters. The van der Waals surface area contributed by atoms with Crippen LogP contribution in [0.5, 0.6) is 0 Å². The summed E-state index contributed by atoms with van der Waals surface area (Å²) in [7, 11) is -2.70. The number of carbonyl (C=O) groups excluding carboxylic acids is 1. The summed E-state index contributed by atoms with van der Waals surface area (Å²) < 4.78 is 35.0. The molecule has 27 heavy (non-hydrogen) atoms. The second kappa shape index (κ2) is 7.58. The number of aryl methyl sites for hydroxylation is 1. The molecule has 1 aliphatic heterocycles. The zero-order valence-electron chi connectivity index (χ0n) is 15.6. The highest BCUT2D eigenvalue weighted by Gasteiger charge is 2.39. The number of allylic oxidation sites excluding steroid dienone is 2. The Bertz CT molecular complexity index is 910. The third-order valence-corrected chi connectivity index (χ3v) is 6.92. The van der Waals surface area contributed by atoms with Gasteiger partial charge in [0.1, 0.15) is 5.82 Å². The van der Waals surface area contributed by atoms with Crippen molar-refractivity contribution in [1.82, 2.24) is 4.72 Å². The van der Waals surface area contributed by atoms with Crippen LogP contribution in [0.2, 0.25) is 0 Å². The van der Waals surface area contributed by atoms with E-state index in [-0.39, 0.29) is 17.3 Å². The van der Waals surface area contributed by atoms with Gasteiger partial charge >= 0.3 is 0 Å². The average Bonchev–Trinajstić information content (AvgIpc) is 2.61. The maximum atomic E-state index is 13.4. The number of anilines is 1. The van der Waals surface area contributed by atoms with Crippen molar-refractivity contribution in [2.45, 2.75) is 38.6 Å². The molecule has 0 aromatic heterocycles. The molecule has 2 aliphatic rings. The Morgan fingerprint density at radius 3 is 2.74 bits per heavy atom. The van der Waals surface area contributed by atoms with E-state index in [0.717, 1.165) is 6.42 Å². The highest BCUT2D eigenvalue weighted by molar-refractivity contribution is 8.02. The van der Waals surface area contributed by atoms with Crippen LogP contribution in [-0.4, -0.2) is 34.7 Å². The lowest BCUT2D eigenvalue weighted by atomic mass is 9.96. The first-order valence-electron chi connectivity index (χ1n) is 8.97. The van der Waals surface area contributed by atoms with Crippen LogP contribution in [0.1, 0.15) is 31.7 Å². The summed E-state index contributed by atoms with van der Waals surface area (Å²) in [5.74, 6) is 3.27. The number of nitrogens with one attached hydrogen (secondary N) is 2. The molecule has 0 bridgehead atoms. The maximum absolute atomic E-state index is 13.4. The molecule has 3 rings (SSSR count). The summed E-state index contributed by atoms with van der Waals surface area (Å²) in [6, 6.07) is 4.41. The van der Waals surface area contributed by atoms with Gasteiger partial charge in [0, 0.05) is 16.2 Å². The molecule has 5 nitrogen and oxygen atoms in total. The molecule has 1 aromatic carbocycles. The third-order valence-electron chi connectivity index (χ3n) is 4.99. The van der Waals surface area contributed by atoms with Crippen LogP contribution >= 0.6 is 0 Å². The first-order valence-corrected chi connectivity index (χ1v) is 10.7. The lowest BCUT2D eigenvalue weighted by Gasteiger charge is -2.42. The van der Waals surface area contributed by atoms with Crippen LogP contribution in [0.4, 0.5) is 10.1 Å². The van der Waals surface area contributed by atoms with Crippen LogP contribution in [0.15, 0.2) is 40.8 Å². The number of carbonyl (C=O) groups is 1. The fraction of sp³-hybridized carbons (Fsp3) is 0.400. The van der Waals surface area contributed by atoms with E-state index in [9.17, 15) is 13.4 Å². The Morgan fingerprint density at radius 1 is 1.41 bits per heavy atom. The first-order chi connectivity index (χ1) is 12.7. The van der Waals surface area contributed by atoms with E-state index in [0.29, 0.717) is 47.8 Å². The standard InChI is InChI=1S/C20H25FN2O3S/c1-4-20(12-26-13-20)23-27(3,25)17-7-5-6-15(11-17)19(24)22-16-8-9-18(21)14(2)10-16/h6,8-11H,3-5,7,12-13H2,1-2H3,(H,22,24)(H,23,25). The van der Waals surface area contributed by atoms with Crippen LogP contribution in [0, 0.1) is 12.7 Å². The van der Waals surface area contributed by atoms with Crippen molar-refractivity contribution in [3.8, 4) is 0 Å². The van der Waals surface area contributed by atoms with Crippen molar-refractivity contribution in [3.05, 3.63) is 52.2 Å². The quantitative estimate of drug-likeness (QED) is 0.731. The number of ether oxygens (including phenoxy) is 1. The van der Waals surface area contributed by atoms with Gasteiger partial charge in [-0.15, -0.1) is 0 Å². The zero-order chi connectivity index (χ0) is 19.7. The number of rotatable bonds is 6. The fourth-order valence-corrected chi connectivity index (χ4v) is 4.98. The topological polar surface area (TPSA) is 67.4 Å². The molecule has 146 valence electrons. The fourth-order valence-electron chi connectivity index (χ4n) is 3.12. The molecule has 0 spiro atoms. The van der Waals surface area contributed by atoms with Gasteiger partial charge < -0.3 is 10.1 Å². The van der Waals surface area contributed by atoms with Crippen LogP contribution < -0.4 is 10.0 Å². The van der Waals surface area contributed by atoms with Crippen molar-refractivity contribution in [1.29, 1.82) is 0 Å². The summed E-state index contributed by atoms with van der Waals surface area (Å²) in [5.41, 5.74) is 1.10. The molecule has 0 radical (unpaired) electrons. The number of halogens is 1. The Hall–Kier alpha value is -1.96. The molecule has 2 N–H and O–H groups in total. The van der Waals surface area contributed by atoms with E-state index in [1.807, 2.05) is 13.0 Å². The predicted octanol–water partition coefficient (Wildman–Crippen LogP) is 3.08. The molecule has 1 aromatic rings. The second-order valence-corrected chi connectivity index (χ2v) is 9.21. The molecule has 7 heteroatoms. The van der Waals surface area contributed by atoms with Gasteiger partial charge in [0.2, 0.25) is 0 Å². The molecule has 1 atom stereocenters. The molecule has 1 aliphatic carbocycles. The van der Waals surface area contributed by atoms with Crippen LogP contribution in [0.3, 0.4) is 0 Å². The minimum absolute atomic E-state index is 0.311. The average molecular weight is 392 g/mol. The minimum atomic E-state index is -2.70. The second-order valence-electron chi connectivity index (χ2n) is 7.13. The van der Waals surface area contributed by atoms with Crippen molar-refractivity contribution in [3.63, 3.8) is 0 Å². The van der Waals surface area contributed by atoms with Crippen LogP contribution in [-0.2, 0) is 19.2 Å². The van der Waals surface area contributed by atoms with Crippen molar-refractivity contribution in [2.75, 3.05) is 18.5 Å². The molecule has 1 saturated heterocycles. The number of amides is 1.